The van der Waals surface area contributed by atoms with Crippen LogP contribution in [0.1, 0.15) is 45.1 Å². The third-order valence-corrected chi connectivity index (χ3v) is 5.62. The minimum absolute atomic E-state index is 0.286. The van der Waals surface area contributed by atoms with Crippen molar-refractivity contribution in [2.75, 3.05) is 27.9 Å². The van der Waals surface area contributed by atoms with Crippen molar-refractivity contribution < 1.29 is 33.3 Å². The van der Waals surface area contributed by atoms with E-state index >= 15 is 0 Å². The number of carbonyl (C=O) groups is 2. The number of esters is 2. The van der Waals surface area contributed by atoms with Crippen molar-refractivity contribution >= 4 is 11.9 Å². The number of dihydropyridines is 1. The molecule has 8 heteroatoms. The molecule has 1 saturated heterocycles. The van der Waals surface area contributed by atoms with Gasteiger partial charge in [0, 0.05) is 30.3 Å². The molecule has 3 rings (SSSR count). The molecule has 2 aliphatic rings. The molecular weight excluding hydrogens is 402 g/mol. The zero-order valence-corrected chi connectivity index (χ0v) is 18.8. The lowest BCUT2D eigenvalue weighted by Crippen LogP contribution is -2.36. The Morgan fingerprint density at radius 2 is 1.74 bits per heavy atom. The van der Waals surface area contributed by atoms with E-state index in [1.165, 1.54) is 21.3 Å². The van der Waals surface area contributed by atoms with E-state index in [1.54, 1.807) is 39.0 Å². The predicted octanol–water partition coefficient (Wildman–Crippen LogP) is 3.18. The van der Waals surface area contributed by atoms with E-state index in [2.05, 4.69) is 5.32 Å². The molecule has 1 aromatic carbocycles. The molecule has 8 nitrogen and oxygen atoms in total. The number of allylic oxidation sites excluding steroid dienone is 2. The van der Waals surface area contributed by atoms with Gasteiger partial charge in [0.25, 0.3) is 0 Å². The highest BCUT2D eigenvalue weighted by Crippen LogP contribution is 2.46. The summed E-state index contributed by atoms with van der Waals surface area (Å²) in [5.41, 5.74) is 2.33. The van der Waals surface area contributed by atoms with Crippen LogP contribution in [0.25, 0.3) is 0 Å². The van der Waals surface area contributed by atoms with Gasteiger partial charge in [-0.2, -0.15) is 0 Å². The van der Waals surface area contributed by atoms with Crippen molar-refractivity contribution in [2.45, 2.75) is 45.3 Å². The number of hydrogen-bond donors (Lipinski definition) is 1. The summed E-state index contributed by atoms with van der Waals surface area (Å²) in [5, 5.41) is 3.12. The van der Waals surface area contributed by atoms with Gasteiger partial charge in [-0.25, -0.2) is 9.59 Å². The molecule has 0 aliphatic carbocycles. The van der Waals surface area contributed by atoms with Crippen molar-refractivity contribution in [3.63, 3.8) is 0 Å². The molecule has 0 aromatic heterocycles. The number of carbonyl (C=O) groups excluding carboxylic acids is 2. The largest absolute Gasteiger partial charge is 0.493 e. The Bertz CT molecular complexity index is 941. The Morgan fingerprint density at radius 3 is 2.29 bits per heavy atom. The van der Waals surface area contributed by atoms with Crippen molar-refractivity contribution in [1.82, 2.24) is 5.32 Å². The van der Waals surface area contributed by atoms with Gasteiger partial charge in [0.1, 0.15) is 0 Å². The second-order valence-electron chi connectivity index (χ2n) is 7.69. The molecule has 168 valence electrons. The number of methoxy groups -OCH3 is 3. The third-order valence-electron chi connectivity index (χ3n) is 5.62. The summed E-state index contributed by atoms with van der Waals surface area (Å²) in [5.74, 6) is -2.01. The zero-order valence-electron chi connectivity index (χ0n) is 18.8. The van der Waals surface area contributed by atoms with Gasteiger partial charge in [0.15, 0.2) is 11.5 Å². The maximum absolute atomic E-state index is 13.4. The van der Waals surface area contributed by atoms with Crippen LogP contribution in [0.2, 0.25) is 0 Å². The van der Waals surface area contributed by atoms with E-state index in [4.69, 9.17) is 23.7 Å². The van der Waals surface area contributed by atoms with Gasteiger partial charge in [0.2, 0.25) is 5.79 Å². The summed E-state index contributed by atoms with van der Waals surface area (Å²) in [4.78, 5) is 26.2. The minimum Gasteiger partial charge on any atom is -0.493 e. The van der Waals surface area contributed by atoms with Gasteiger partial charge in [0.05, 0.1) is 45.0 Å². The van der Waals surface area contributed by atoms with Crippen LogP contribution in [-0.2, 0) is 23.8 Å². The van der Waals surface area contributed by atoms with Crippen LogP contribution >= 0.6 is 0 Å². The lowest BCUT2D eigenvalue weighted by molar-refractivity contribution is -0.202. The van der Waals surface area contributed by atoms with Crippen molar-refractivity contribution in [3.8, 4) is 11.5 Å². The van der Waals surface area contributed by atoms with Gasteiger partial charge in [-0.1, -0.05) is 12.1 Å². The lowest BCUT2D eigenvalue weighted by Gasteiger charge is -2.33. The molecule has 2 heterocycles. The first kappa shape index (κ1) is 22.7. The summed E-state index contributed by atoms with van der Waals surface area (Å²) in [6, 6.07) is 5.32. The van der Waals surface area contributed by atoms with Crippen LogP contribution in [0.15, 0.2) is 40.7 Å². The Hall–Kier alpha value is -3.00. The van der Waals surface area contributed by atoms with E-state index in [0.717, 1.165) is 6.42 Å². The standard InChI is InChI=1S/C23H29NO7/c1-13-17(21(25)29-6)19(15-9-7-10-16(27-4)20(15)28-5)18(14(2)24-13)22(26)31-23(3)11-8-12-30-23/h7,9-10,19,24H,8,11-12H2,1-6H3. The monoisotopic (exact) mass is 431 g/mol. The fraction of sp³-hybridized carbons (Fsp3) is 0.478. The fourth-order valence-corrected chi connectivity index (χ4v) is 4.18. The van der Waals surface area contributed by atoms with Crippen LogP contribution < -0.4 is 14.8 Å². The van der Waals surface area contributed by atoms with Crippen molar-refractivity contribution in [1.29, 1.82) is 0 Å². The van der Waals surface area contributed by atoms with E-state index in [1.807, 2.05) is 0 Å². The zero-order chi connectivity index (χ0) is 22.8. The summed E-state index contributed by atoms with van der Waals surface area (Å²) < 4.78 is 27.5. The number of nitrogens with one attached hydrogen (secondary N) is 1. The highest BCUT2D eigenvalue weighted by molar-refractivity contribution is 6.00. The molecule has 31 heavy (non-hydrogen) atoms. The maximum atomic E-state index is 13.4. The Labute approximate surface area is 182 Å². The molecular formula is C23H29NO7. The number of para-hydroxylation sites is 1. The Kier molecular flexibility index (Phi) is 6.59. The Morgan fingerprint density at radius 1 is 1.06 bits per heavy atom. The van der Waals surface area contributed by atoms with Gasteiger partial charge >= 0.3 is 11.9 Å². The molecule has 0 saturated carbocycles. The summed E-state index contributed by atoms with van der Waals surface area (Å²) >= 11 is 0. The van der Waals surface area contributed by atoms with E-state index < -0.39 is 23.6 Å². The number of benzene rings is 1. The second kappa shape index (κ2) is 9.01. The number of hydrogen-bond acceptors (Lipinski definition) is 8. The van der Waals surface area contributed by atoms with E-state index in [-0.39, 0.29) is 5.57 Å². The quantitative estimate of drug-likeness (QED) is 0.687. The molecule has 2 atom stereocenters. The van der Waals surface area contributed by atoms with Crippen molar-refractivity contribution in [3.05, 3.63) is 46.3 Å². The smallest absolute Gasteiger partial charge is 0.339 e. The molecule has 1 fully saturated rings. The van der Waals surface area contributed by atoms with Gasteiger partial charge < -0.3 is 29.0 Å². The average Bonchev–Trinajstić information content (AvgIpc) is 3.17. The van der Waals surface area contributed by atoms with E-state index in [9.17, 15) is 9.59 Å². The molecule has 0 bridgehead atoms. The summed E-state index contributed by atoms with van der Waals surface area (Å²) in [6.45, 7) is 5.80. The van der Waals surface area contributed by atoms with Crippen LogP contribution in [-0.4, -0.2) is 45.7 Å². The summed E-state index contributed by atoms with van der Waals surface area (Å²) in [6.07, 6.45) is 1.41. The SMILES string of the molecule is COC(=O)C1=C(C)NC(C)=C(C(=O)OC2(C)CCCO2)C1c1cccc(OC)c1OC. The highest BCUT2D eigenvalue weighted by atomic mass is 16.7. The van der Waals surface area contributed by atoms with Gasteiger partial charge in [-0.05, 0) is 26.3 Å². The molecule has 2 aliphatic heterocycles. The van der Waals surface area contributed by atoms with Crippen LogP contribution in [0, 0.1) is 0 Å². The third kappa shape index (κ3) is 4.25. The Balaban J connectivity index is 2.18. The molecule has 1 aromatic rings. The van der Waals surface area contributed by atoms with Crippen LogP contribution in [0.4, 0.5) is 0 Å². The number of ether oxygens (including phenoxy) is 5. The molecule has 2 unspecified atom stereocenters. The second-order valence-corrected chi connectivity index (χ2v) is 7.69. The fourth-order valence-electron chi connectivity index (χ4n) is 4.18. The maximum Gasteiger partial charge on any atom is 0.339 e. The first-order valence-electron chi connectivity index (χ1n) is 10.1. The number of rotatable bonds is 6. The normalized spacial score (nSPS) is 23.4. The topological polar surface area (TPSA) is 92.3 Å². The van der Waals surface area contributed by atoms with E-state index in [0.29, 0.717) is 47.1 Å². The summed E-state index contributed by atoms with van der Waals surface area (Å²) in [7, 11) is 4.35. The highest BCUT2D eigenvalue weighted by Gasteiger charge is 2.42. The molecule has 1 N–H and O–H groups in total. The lowest BCUT2D eigenvalue weighted by atomic mass is 9.80. The predicted molar refractivity (Wildman–Crippen MR) is 113 cm³/mol. The first-order valence-corrected chi connectivity index (χ1v) is 10.1. The minimum atomic E-state index is -1.00. The first-order chi connectivity index (χ1) is 14.8. The molecule has 0 radical (unpaired) electrons. The molecule has 0 spiro atoms. The average molecular weight is 431 g/mol. The van der Waals surface area contributed by atoms with Crippen molar-refractivity contribution in [2.24, 2.45) is 0 Å². The van der Waals surface area contributed by atoms with Crippen LogP contribution in [0.3, 0.4) is 0 Å². The van der Waals surface area contributed by atoms with Crippen LogP contribution in [0.5, 0.6) is 11.5 Å². The molecule has 0 amide bonds. The van der Waals surface area contributed by atoms with Gasteiger partial charge in [-0.3, -0.25) is 0 Å². The van der Waals surface area contributed by atoms with Gasteiger partial charge in [-0.15, -0.1) is 0 Å².